The maximum Gasteiger partial charge on any atom is 0.340 e. The number of halogens is 1. The molecular weight excluding hydrogens is 279 g/mol. The van der Waals surface area contributed by atoms with Gasteiger partial charge in [-0.3, -0.25) is 10.1 Å². The molecule has 0 N–H and O–H groups in total. The molecule has 2 atom stereocenters. The Morgan fingerprint density at radius 1 is 1.48 bits per heavy atom. The fourth-order valence-corrected chi connectivity index (χ4v) is 2.83. The second-order valence-corrected chi connectivity index (χ2v) is 5.41. The van der Waals surface area contributed by atoms with Crippen LogP contribution in [0.25, 0.3) is 0 Å². The van der Waals surface area contributed by atoms with E-state index in [1.807, 2.05) is 18.7 Å². The molecule has 0 aromatic heterocycles. The molecule has 0 spiro atoms. The van der Waals surface area contributed by atoms with Gasteiger partial charge < -0.3 is 9.64 Å². The Bertz CT molecular complexity index is 591. The highest BCUT2D eigenvalue weighted by Gasteiger charge is 2.32. The maximum absolute atomic E-state index is 13.9. The van der Waals surface area contributed by atoms with Crippen LogP contribution in [0, 0.1) is 21.8 Å². The topological polar surface area (TPSA) is 72.7 Å². The number of hydrogen-bond acceptors (Lipinski definition) is 5. The van der Waals surface area contributed by atoms with Crippen molar-refractivity contribution in [2.45, 2.75) is 26.3 Å². The van der Waals surface area contributed by atoms with Crippen LogP contribution in [0.4, 0.5) is 15.8 Å². The number of hydrogen-bond donors (Lipinski definition) is 0. The summed E-state index contributed by atoms with van der Waals surface area (Å²) in [5, 5.41) is 11.2. The summed E-state index contributed by atoms with van der Waals surface area (Å²) in [6, 6.07) is 2.10. The van der Waals surface area contributed by atoms with Crippen LogP contribution < -0.4 is 4.90 Å². The SMILES string of the molecule is COC(=O)c1cc(N2CC(C)CC2C)c([N+](=O)[O-])cc1F. The number of nitro benzene ring substituents is 1. The van der Waals surface area contributed by atoms with Crippen molar-refractivity contribution >= 4 is 17.3 Å². The van der Waals surface area contributed by atoms with Crippen LogP contribution in [-0.4, -0.2) is 30.6 Å². The quantitative estimate of drug-likeness (QED) is 0.487. The average molecular weight is 296 g/mol. The van der Waals surface area contributed by atoms with E-state index < -0.39 is 16.7 Å². The number of ether oxygens (including phenoxy) is 1. The van der Waals surface area contributed by atoms with E-state index in [9.17, 15) is 19.3 Å². The zero-order chi connectivity index (χ0) is 15.7. The van der Waals surface area contributed by atoms with Crippen molar-refractivity contribution in [2.24, 2.45) is 5.92 Å². The largest absolute Gasteiger partial charge is 0.465 e. The van der Waals surface area contributed by atoms with Gasteiger partial charge in [0.05, 0.1) is 23.7 Å². The molecule has 1 aliphatic heterocycles. The van der Waals surface area contributed by atoms with Crippen LogP contribution in [0.5, 0.6) is 0 Å². The van der Waals surface area contributed by atoms with E-state index in [-0.39, 0.29) is 23.0 Å². The molecule has 6 nitrogen and oxygen atoms in total. The number of benzene rings is 1. The minimum atomic E-state index is -0.947. The highest BCUT2D eigenvalue weighted by Crippen LogP contribution is 2.37. The maximum atomic E-state index is 13.9. The molecule has 2 unspecified atom stereocenters. The fraction of sp³-hybridized carbons (Fsp3) is 0.500. The number of nitro groups is 1. The predicted octanol–water partition coefficient (Wildman–Crippen LogP) is 2.76. The van der Waals surface area contributed by atoms with Crippen molar-refractivity contribution in [3.63, 3.8) is 0 Å². The summed E-state index contributed by atoms with van der Waals surface area (Å²) in [5.41, 5.74) is -0.357. The highest BCUT2D eigenvalue weighted by atomic mass is 19.1. The molecule has 21 heavy (non-hydrogen) atoms. The lowest BCUT2D eigenvalue weighted by Crippen LogP contribution is -2.28. The Kier molecular flexibility index (Phi) is 4.11. The lowest BCUT2D eigenvalue weighted by Gasteiger charge is -2.24. The van der Waals surface area contributed by atoms with Crippen molar-refractivity contribution < 1.29 is 18.8 Å². The minimum absolute atomic E-state index is 0.0923. The van der Waals surface area contributed by atoms with E-state index in [0.29, 0.717) is 12.5 Å². The molecule has 1 saturated heterocycles. The smallest absolute Gasteiger partial charge is 0.340 e. The summed E-state index contributed by atoms with van der Waals surface area (Å²) in [5.74, 6) is -1.41. The molecule has 0 aliphatic carbocycles. The second kappa shape index (κ2) is 5.67. The van der Waals surface area contributed by atoms with Crippen molar-refractivity contribution in [3.05, 3.63) is 33.6 Å². The van der Waals surface area contributed by atoms with E-state index in [2.05, 4.69) is 4.74 Å². The molecule has 0 saturated carbocycles. The third-order valence-electron chi connectivity index (χ3n) is 3.76. The molecule has 1 aliphatic rings. The van der Waals surface area contributed by atoms with Gasteiger partial charge in [0.15, 0.2) is 0 Å². The van der Waals surface area contributed by atoms with Gasteiger partial charge in [0.1, 0.15) is 11.5 Å². The number of rotatable bonds is 3. The molecular formula is C14H17FN2O4. The monoisotopic (exact) mass is 296 g/mol. The second-order valence-electron chi connectivity index (χ2n) is 5.41. The van der Waals surface area contributed by atoms with Gasteiger partial charge in [-0.05, 0) is 25.3 Å². The van der Waals surface area contributed by atoms with Crippen LogP contribution >= 0.6 is 0 Å². The molecule has 1 aromatic rings. The summed E-state index contributed by atoms with van der Waals surface area (Å²) >= 11 is 0. The Labute approximate surface area is 121 Å². The van der Waals surface area contributed by atoms with Crippen LogP contribution in [-0.2, 0) is 4.74 Å². The molecule has 2 rings (SSSR count). The third kappa shape index (κ3) is 2.81. The van der Waals surface area contributed by atoms with E-state index in [1.54, 1.807) is 0 Å². The molecule has 7 heteroatoms. The lowest BCUT2D eigenvalue weighted by atomic mass is 10.1. The summed E-state index contributed by atoms with van der Waals surface area (Å²) in [6.45, 7) is 4.63. The minimum Gasteiger partial charge on any atom is -0.465 e. The van der Waals surface area contributed by atoms with Crippen LogP contribution in [0.1, 0.15) is 30.6 Å². The molecule has 0 amide bonds. The van der Waals surface area contributed by atoms with Gasteiger partial charge in [0.25, 0.3) is 5.69 Å². The first-order chi connectivity index (χ1) is 9.85. The number of carbonyl (C=O) groups is 1. The molecule has 1 aromatic carbocycles. The predicted molar refractivity (Wildman–Crippen MR) is 75.0 cm³/mol. The van der Waals surface area contributed by atoms with Gasteiger partial charge in [0, 0.05) is 12.6 Å². The van der Waals surface area contributed by atoms with Gasteiger partial charge in [-0.1, -0.05) is 6.92 Å². The van der Waals surface area contributed by atoms with Gasteiger partial charge in [-0.15, -0.1) is 0 Å². The van der Waals surface area contributed by atoms with E-state index in [4.69, 9.17) is 0 Å². The van der Waals surface area contributed by atoms with Crippen molar-refractivity contribution in [1.29, 1.82) is 0 Å². The van der Waals surface area contributed by atoms with Crippen molar-refractivity contribution in [2.75, 3.05) is 18.6 Å². The normalized spacial score (nSPS) is 21.4. The molecule has 114 valence electrons. The Morgan fingerprint density at radius 3 is 2.62 bits per heavy atom. The highest BCUT2D eigenvalue weighted by molar-refractivity contribution is 5.92. The average Bonchev–Trinajstić information content (AvgIpc) is 2.76. The van der Waals surface area contributed by atoms with Gasteiger partial charge >= 0.3 is 5.97 Å². The number of nitrogens with zero attached hydrogens (tertiary/aromatic N) is 2. The summed E-state index contributed by atoms with van der Waals surface area (Å²) in [4.78, 5) is 24.0. The van der Waals surface area contributed by atoms with Crippen LogP contribution in [0.3, 0.4) is 0 Å². The summed E-state index contributed by atoms with van der Waals surface area (Å²) < 4.78 is 18.4. The van der Waals surface area contributed by atoms with Gasteiger partial charge in [-0.25, -0.2) is 9.18 Å². The van der Waals surface area contributed by atoms with Crippen LogP contribution in [0.2, 0.25) is 0 Å². The summed E-state index contributed by atoms with van der Waals surface area (Å²) in [6.07, 6.45) is 0.891. The lowest BCUT2D eigenvalue weighted by molar-refractivity contribution is -0.384. The van der Waals surface area contributed by atoms with Crippen molar-refractivity contribution in [1.82, 2.24) is 0 Å². The number of methoxy groups -OCH3 is 1. The third-order valence-corrected chi connectivity index (χ3v) is 3.76. The number of esters is 1. The van der Waals surface area contributed by atoms with Gasteiger partial charge in [0.2, 0.25) is 0 Å². The first-order valence-corrected chi connectivity index (χ1v) is 6.68. The van der Waals surface area contributed by atoms with E-state index in [0.717, 1.165) is 19.6 Å². The number of anilines is 1. The fourth-order valence-electron chi connectivity index (χ4n) is 2.83. The van der Waals surface area contributed by atoms with E-state index in [1.165, 1.54) is 6.07 Å². The molecule has 1 fully saturated rings. The molecule has 1 heterocycles. The standard InChI is InChI=1S/C14H17FN2O4/c1-8-4-9(2)16(7-8)12-5-10(14(18)21-3)11(15)6-13(12)17(19)20/h5-6,8-9H,4,7H2,1-3H3. The first kappa shape index (κ1) is 15.2. The zero-order valence-electron chi connectivity index (χ0n) is 12.1. The van der Waals surface area contributed by atoms with Gasteiger partial charge in [-0.2, -0.15) is 0 Å². The van der Waals surface area contributed by atoms with E-state index >= 15 is 0 Å². The Balaban J connectivity index is 2.56. The first-order valence-electron chi connectivity index (χ1n) is 6.68. The number of carbonyl (C=O) groups excluding carboxylic acids is 1. The zero-order valence-corrected chi connectivity index (χ0v) is 12.1. The van der Waals surface area contributed by atoms with Crippen molar-refractivity contribution in [3.8, 4) is 0 Å². The Morgan fingerprint density at radius 2 is 2.14 bits per heavy atom. The molecule has 0 bridgehead atoms. The summed E-state index contributed by atoms with van der Waals surface area (Å²) in [7, 11) is 1.14. The van der Waals surface area contributed by atoms with Crippen LogP contribution in [0.15, 0.2) is 12.1 Å². The Hall–Kier alpha value is -2.18. The molecule has 0 radical (unpaired) electrons.